The summed E-state index contributed by atoms with van der Waals surface area (Å²) >= 11 is 0. The first kappa shape index (κ1) is 18.7. The monoisotopic (exact) mass is 362 g/mol. The highest BCUT2D eigenvalue weighted by molar-refractivity contribution is 5.85. The molecule has 0 aromatic rings. The molecular formula is C22H38N2O2. The fourth-order valence-corrected chi connectivity index (χ4v) is 7.40. The zero-order valence-corrected chi connectivity index (χ0v) is 16.8. The van der Waals surface area contributed by atoms with Gasteiger partial charge in [0.25, 0.3) is 0 Å². The van der Waals surface area contributed by atoms with Crippen LogP contribution < -0.4 is 5.73 Å². The molecule has 4 aliphatic carbocycles. The zero-order chi connectivity index (χ0) is 18.4. The van der Waals surface area contributed by atoms with Crippen LogP contribution in [0.4, 0.5) is 0 Å². The molecule has 0 aromatic heterocycles. The van der Waals surface area contributed by atoms with Crippen molar-refractivity contribution in [3.8, 4) is 0 Å². The van der Waals surface area contributed by atoms with Gasteiger partial charge in [-0.3, -0.25) is 0 Å². The molecule has 0 amide bonds. The van der Waals surface area contributed by atoms with Crippen molar-refractivity contribution in [3.05, 3.63) is 0 Å². The van der Waals surface area contributed by atoms with Crippen LogP contribution in [0.15, 0.2) is 5.16 Å². The molecule has 4 aliphatic rings. The number of hydrogen-bond donors (Lipinski definition) is 2. The standard InChI is InChI=1S/C22H38N2O2/c1-21-10-8-16(24-26-13-3-12-23)14-15(21)4-5-17-18-6-7-20(25)22(18,2)11-9-19(17)21/h15,17-20,25H,3-14,23H2,1-2H3/t15?,17?,18?,19-,20?,21?,22?/m0/s1. The van der Waals surface area contributed by atoms with Crippen molar-refractivity contribution in [2.24, 2.45) is 45.4 Å². The van der Waals surface area contributed by atoms with Gasteiger partial charge in [-0.15, -0.1) is 0 Å². The van der Waals surface area contributed by atoms with Crippen LogP contribution >= 0.6 is 0 Å². The lowest BCUT2D eigenvalue weighted by atomic mass is 9.45. The Labute approximate surface area is 158 Å². The number of fused-ring (bicyclic) bond motifs is 5. The van der Waals surface area contributed by atoms with E-state index in [0.717, 1.165) is 49.4 Å². The third-order valence-electron chi connectivity index (χ3n) is 9.08. The summed E-state index contributed by atoms with van der Waals surface area (Å²) in [5.41, 5.74) is 7.47. The summed E-state index contributed by atoms with van der Waals surface area (Å²) in [4.78, 5) is 5.49. The first-order chi connectivity index (χ1) is 12.5. The van der Waals surface area contributed by atoms with Gasteiger partial charge in [0.05, 0.1) is 11.8 Å². The van der Waals surface area contributed by atoms with Crippen molar-refractivity contribution in [1.29, 1.82) is 0 Å². The third kappa shape index (κ3) is 2.92. The Morgan fingerprint density at radius 3 is 2.69 bits per heavy atom. The molecule has 0 saturated heterocycles. The Morgan fingerprint density at radius 2 is 1.88 bits per heavy atom. The van der Waals surface area contributed by atoms with Gasteiger partial charge in [-0.05, 0) is 105 Å². The number of rotatable bonds is 4. The minimum atomic E-state index is -0.0604. The normalized spacial score (nSPS) is 49.4. The molecule has 0 aromatic carbocycles. The maximum absolute atomic E-state index is 10.6. The third-order valence-corrected chi connectivity index (χ3v) is 9.08. The quantitative estimate of drug-likeness (QED) is 0.584. The second kappa shape index (κ2) is 7.09. The molecule has 0 aliphatic heterocycles. The van der Waals surface area contributed by atoms with Crippen LogP contribution in [-0.4, -0.2) is 30.1 Å². The molecule has 4 saturated carbocycles. The second-order valence-corrected chi connectivity index (χ2v) is 10.1. The molecule has 0 bridgehead atoms. The van der Waals surface area contributed by atoms with E-state index in [9.17, 15) is 5.11 Å². The Bertz CT molecular complexity index is 550. The summed E-state index contributed by atoms with van der Waals surface area (Å²) < 4.78 is 0. The van der Waals surface area contributed by atoms with Crippen LogP contribution in [0.3, 0.4) is 0 Å². The van der Waals surface area contributed by atoms with Crippen LogP contribution in [0.25, 0.3) is 0 Å². The minimum Gasteiger partial charge on any atom is -0.396 e. The zero-order valence-electron chi connectivity index (χ0n) is 16.8. The molecule has 0 spiro atoms. The summed E-state index contributed by atoms with van der Waals surface area (Å²) in [6.07, 6.45) is 11.8. The van der Waals surface area contributed by atoms with Gasteiger partial charge < -0.3 is 15.7 Å². The summed E-state index contributed by atoms with van der Waals surface area (Å²) in [5.74, 6) is 3.21. The minimum absolute atomic E-state index is 0.0604. The van der Waals surface area contributed by atoms with E-state index >= 15 is 0 Å². The summed E-state index contributed by atoms with van der Waals surface area (Å²) in [7, 11) is 0. The molecule has 4 heteroatoms. The molecule has 4 fully saturated rings. The van der Waals surface area contributed by atoms with E-state index in [4.69, 9.17) is 10.6 Å². The average Bonchev–Trinajstić information content (AvgIpc) is 2.94. The molecule has 6 unspecified atom stereocenters. The van der Waals surface area contributed by atoms with Gasteiger partial charge in [0.15, 0.2) is 0 Å². The van der Waals surface area contributed by atoms with Gasteiger partial charge in [-0.2, -0.15) is 0 Å². The lowest BCUT2D eigenvalue weighted by Gasteiger charge is -2.60. The highest BCUT2D eigenvalue weighted by Crippen LogP contribution is 2.65. The molecule has 0 radical (unpaired) electrons. The van der Waals surface area contributed by atoms with E-state index in [1.54, 1.807) is 0 Å². The molecule has 0 heterocycles. The second-order valence-electron chi connectivity index (χ2n) is 10.1. The molecule has 4 rings (SSSR count). The van der Waals surface area contributed by atoms with E-state index in [2.05, 4.69) is 19.0 Å². The molecular weight excluding hydrogens is 324 g/mol. The van der Waals surface area contributed by atoms with Crippen molar-refractivity contribution >= 4 is 5.71 Å². The van der Waals surface area contributed by atoms with Gasteiger partial charge in [0.2, 0.25) is 0 Å². The van der Waals surface area contributed by atoms with Crippen molar-refractivity contribution in [1.82, 2.24) is 0 Å². The lowest BCUT2D eigenvalue weighted by molar-refractivity contribution is -0.112. The van der Waals surface area contributed by atoms with E-state index < -0.39 is 0 Å². The summed E-state index contributed by atoms with van der Waals surface area (Å²) in [5, 5.41) is 15.0. The lowest BCUT2D eigenvalue weighted by Crippen LogP contribution is -2.54. The average molecular weight is 363 g/mol. The van der Waals surface area contributed by atoms with E-state index in [-0.39, 0.29) is 11.5 Å². The topological polar surface area (TPSA) is 67.8 Å². The summed E-state index contributed by atoms with van der Waals surface area (Å²) in [6, 6.07) is 0. The fourth-order valence-electron chi connectivity index (χ4n) is 7.40. The first-order valence-electron chi connectivity index (χ1n) is 11.0. The number of nitrogens with zero attached hydrogens (tertiary/aromatic N) is 1. The predicted octanol–water partition coefficient (Wildman–Crippen LogP) is 4.11. The van der Waals surface area contributed by atoms with Gasteiger partial charge in [0.1, 0.15) is 6.61 Å². The van der Waals surface area contributed by atoms with Crippen LogP contribution in [-0.2, 0) is 4.84 Å². The van der Waals surface area contributed by atoms with E-state index in [1.807, 2.05) is 0 Å². The maximum atomic E-state index is 10.6. The SMILES string of the molecule is CC12CC[C@H]3C(CCC4CC(=NOCCCN)CCC43C)C1CCC2O. The van der Waals surface area contributed by atoms with Crippen LogP contribution in [0.2, 0.25) is 0 Å². The Morgan fingerprint density at radius 1 is 1.08 bits per heavy atom. The van der Waals surface area contributed by atoms with E-state index in [0.29, 0.717) is 18.6 Å². The van der Waals surface area contributed by atoms with Crippen molar-refractivity contribution in [3.63, 3.8) is 0 Å². The van der Waals surface area contributed by atoms with Gasteiger partial charge in [-0.25, -0.2) is 0 Å². The van der Waals surface area contributed by atoms with Gasteiger partial charge in [0, 0.05) is 0 Å². The van der Waals surface area contributed by atoms with Crippen LogP contribution in [0, 0.1) is 34.5 Å². The van der Waals surface area contributed by atoms with Crippen LogP contribution in [0.1, 0.15) is 78.1 Å². The molecule has 4 nitrogen and oxygen atoms in total. The number of aliphatic hydroxyl groups is 1. The highest BCUT2D eigenvalue weighted by atomic mass is 16.6. The van der Waals surface area contributed by atoms with Gasteiger partial charge in [-0.1, -0.05) is 19.0 Å². The maximum Gasteiger partial charge on any atom is 0.118 e. The number of oxime groups is 1. The van der Waals surface area contributed by atoms with Crippen molar-refractivity contribution in [2.75, 3.05) is 13.2 Å². The number of nitrogens with two attached hydrogens (primary N) is 1. The highest BCUT2D eigenvalue weighted by Gasteiger charge is 2.59. The molecule has 7 atom stereocenters. The van der Waals surface area contributed by atoms with Crippen LogP contribution in [0.5, 0.6) is 0 Å². The van der Waals surface area contributed by atoms with Gasteiger partial charge >= 0.3 is 0 Å². The Balaban J connectivity index is 1.46. The van der Waals surface area contributed by atoms with Crippen molar-refractivity contribution < 1.29 is 9.94 Å². The largest absolute Gasteiger partial charge is 0.396 e. The number of aliphatic hydroxyl groups excluding tert-OH is 1. The van der Waals surface area contributed by atoms with E-state index in [1.165, 1.54) is 44.2 Å². The molecule has 26 heavy (non-hydrogen) atoms. The summed E-state index contributed by atoms with van der Waals surface area (Å²) in [6.45, 7) is 6.28. The smallest absolute Gasteiger partial charge is 0.118 e. The Hall–Kier alpha value is -0.610. The number of hydrogen-bond acceptors (Lipinski definition) is 4. The van der Waals surface area contributed by atoms with Crippen molar-refractivity contribution in [2.45, 2.75) is 84.2 Å². The molecule has 3 N–H and O–H groups in total. The molecule has 148 valence electrons. The Kier molecular flexibility index (Phi) is 5.11. The fraction of sp³-hybridized carbons (Fsp3) is 0.955. The first-order valence-corrected chi connectivity index (χ1v) is 11.0. The predicted molar refractivity (Wildman–Crippen MR) is 105 cm³/mol.